The summed E-state index contributed by atoms with van der Waals surface area (Å²) >= 11 is 0. The van der Waals surface area contributed by atoms with E-state index in [2.05, 4.69) is 15.4 Å². The monoisotopic (exact) mass is 338 g/mol. The zero-order chi connectivity index (χ0) is 18.0. The van der Waals surface area contributed by atoms with E-state index in [9.17, 15) is 9.59 Å². The van der Waals surface area contributed by atoms with Crippen molar-refractivity contribution in [1.29, 1.82) is 0 Å². The van der Waals surface area contributed by atoms with Crippen molar-refractivity contribution in [2.75, 3.05) is 0 Å². The van der Waals surface area contributed by atoms with E-state index in [1.165, 1.54) is 4.52 Å². The number of nitrogens with zero attached hydrogens (tertiary/aromatic N) is 2. The number of hydrogen-bond acceptors (Lipinski definition) is 3. The van der Waals surface area contributed by atoms with Crippen LogP contribution in [0.15, 0.2) is 41.3 Å². The number of amides is 1. The van der Waals surface area contributed by atoms with Crippen LogP contribution in [0.5, 0.6) is 0 Å². The number of aromatic nitrogens is 3. The quantitative estimate of drug-likeness (QED) is 0.750. The summed E-state index contributed by atoms with van der Waals surface area (Å²) in [6, 6.07) is 9.90. The Morgan fingerprint density at radius 2 is 2.00 bits per heavy atom. The van der Waals surface area contributed by atoms with Gasteiger partial charge in [0.15, 0.2) is 5.65 Å². The van der Waals surface area contributed by atoms with Crippen molar-refractivity contribution < 1.29 is 4.79 Å². The van der Waals surface area contributed by atoms with Gasteiger partial charge >= 0.3 is 0 Å². The molecular weight excluding hydrogens is 316 g/mol. The number of fused-ring (bicyclic) bond motifs is 1. The number of carbonyl (C=O) groups excluding carboxylic acids is 1. The first-order valence-corrected chi connectivity index (χ1v) is 8.41. The summed E-state index contributed by atoms with van der Waals surface area (Å²) in [5, 5.41) is 5.82. The maximum atomic E-state index is 12.8. The highest BCUT2D eigenvalue weighted by Gasteiger charge is 2.15. The summed E-state index contributed by atoms with van der Waals surface area (Å²) in [6.45, 7) is 5.64. The van der Waals surface area contributed by atoms with Gasteiger partial charge in [-0.05, 0) is 32.8 Å². The van der Waals surface area contributed by atoms with Crippen LogP contribution in [0.3, 0.4) is 0 Å². The molecule has 0 aliphatic rings. The third kappa shape index (κ3) is 3.47. The van der Waals surface area contributed by atoms with E-state index in [0.717, 1.165) is 11.1 Å². The molecule has 2 aromatic heterocycles. The van der Waals surface area contributed by atoms with Crippen LogP contribution in [-0.2, 0) is 11.2 Å². The van der Waals surface area contributed by atoms with Gasteiger partial charge in [0.2, 0.25) is 5.91 Å². The van der Waals surface area contributed by atoms with Crippen molar-refractivity contribution in [2.45, 2.75) is 39.7 Å². The van der Waals surface area contributed by atoms with Gasteiger partial charge in [0.25, 0.3) is 5.56 Å². The molecule has 0 saturated carbocycles. The van der Waals surface area contributed by atoms with Crippen LogP contribution in [-0.4, -0.2) is 26.5 Å². The molecule has 0 bridgehead atoms. The van der Waals surface area contributed by atoms with Gasteiger partial charge in [-0.2, -0.15) is 0 Å². The van der Waals surface area contributed by atoms with E-state index < -0.39 is 0 Å². The fourth-order valence-electron chi connectivity index (χ4n) is 2.91. The van der Waals surface area contributed by atoms with Gasteiger partial charge in [0.1, 0.15) is 0 Å². The second-order valence-electron chi connectivity index (χ2n) is 6.42. The Bertz CT molecular complexity index is 955. The fraction of sp³-hybridized carbons (Fsp3) is 0.316. The lowest BCUT2D eigenvalue weighted by molar-refractivity contribution is -0.121. The summed E-state index contributed by atoms with van der Waals surface area (Å²) < 4.78 is 1.45. The molecule has 1 aromatic carbocycles. The smallest absolute Gasteiger partial charge is 0.276 e. The van der Waals surface area contributed by atoms with Crippen LogP contribution in [0, 0.1) is 6.92 Å². The number of H-pyrrole nitrogens is 1. The van der Waals surface area contributed by atoms with Crippen LogP contribution in [0.1, 0.15) is 31.5 Å². The molecule has 6 heteroatoms. The second-order valence-corrected chi connectivity index (χ2v) is 6.42. The van der Waals surface area contributed by atoms with E-state index in [0.29, 0.717) is 23.3 Å². The Kier molecular flexibility index (Phi) is 4.70. The number of rotatable bonds is 5. The van der Waals surface area contributed by atoms with Gasteiger partial charge in [0.05, 0.1) is 0 Å². The van der Waals surface area contributed by atoms with Crippen LogP contribution >= 0.6 is 0 Å². The van der Waals surface area contributed by atoms with Crippen LogP contribution in [0.25, 0.3) is 16.8 Å². The minimum Gasteiger partial charge on any atom is -0.354 e. The highest BCUT2D eigenvalue weighted by molar-refractivity contribution is 5.77. The average Bonchev–Trinajstić information content (AvgIpc) is 2.98. The lowest BCUT2D eigenvalue weighted by Gasteiger charge is -2.09. The summed E-state index contributed by atoms with van der Waals surface area (Å²) in [6.07, 6.45) is 2.43. The van der Waals surface area contributed by atoms with Crippen LogP contribution in [0.2, 0.25) is 0 Å². The number of benzene rings is 1. The molecule has 0 fully saturated rings. The second kappa shape index (κ2) is 6.93. The van der Waals surface area contributed by atoms with Crippen molar-refractivity contribution in [2.24, 2.45) is 0 Å². The molecule has 3 aromatic rings. The molecule has 2 heterocycles. The van der Waals surface area contributed by atoms with Crippen molar-refractivity contribution in [3.8, 4) is 11.1 Å². The van der Waals surface area contributed by atoms with Crippen molar-refractivity contribution in [3.05, 3.63) is 58.1 Å². The Labute approximate surface area is 145 Å². The topological polar surface area (TPSA) is 79.3 Å². The lowest BCUT2D eigenvalue weighted by Crippen LogP contribution is -2.31. The molecular formula is C19H22N4O2. The fourth-order valence-corrected chi connectivity index (χ4v) is 2.91. The molecule has 0 saturated heterocycles. The minimum atomic E-state index is -0.151. The minimum absolute atomic E-state index is 0.0599. The molecule has 0 atom stereocenters. The van der Waals surface area contributed by atoms with Gasteiger partial charge in [0, 0.05) is 35.5 Å². The van der Waals surface area contributed by atoms with Gasteiger partial charge < -0.3 is 5.32 Å². The molecule has 0 unspecified atom stereocenters. The highest BCUT2D eigenvalue weighted by atomic mass is 16.1. The molecule has 0 spiro atoms. The van der Waals surface area contributed by atoms with Crippen molar-refractivity contribution >= 4 is 11.6 Å². The molecule has 2 N–H and O–H groups in total. The molecule has 6 nitrogen and oxygen atoms in total. The van der Waals surface area contributed by atoms with Crippen molar-refractivity contribution in [1.82, 2.24) is 19.9 Å². The zero-order valence-electron chi connectivity index (χ0n) is 14.7. The predicted molar refractivity (Wildman–Crippen MR) is 97.6 cm³/mol. The SMILES string of the molecule is Cc1nc2c(-c3ccccc3)c[nH]n2c(=O)c1CCC(=O)NC(C)C. The van der Waals surface area contributed by atoms with E-state index in [-0.39, 0.29) is 23.9 Å². The Morgan fingerprint density at radius 1 is 1.28 bits per heavy atom. The van der Waals surface area contributed by atoms with Gasteiger partial charge in [-0.15, -0.1) is 0 Å². The maximum absolute atomic E-state index is 12.8. The molecule has 0 aliphatic carbocycles. The predicted octanol–water partition coefficient (Wildman–Crippen LogP) is 2.46. The first kappa shape index (κ1) is 17.0. The van der Waals surface area contributed by atoms with E-state index in [1.807, 2.05) is 51.1 Å². The number of nitrogens with one attached hydrogen (secondary N) is 2. The lowest BCUT2D eigenvalue weighted by atomic mass is 10.1. The summed E-state index contributed by atoms with van der Waals surface area (Å²) in [5.41, 5.74) is 3.56. The molecule has 3 rings (SSSR count). The molecule has 25 heavy (non-hydrogen) atoms. The Hall–Kier alpha value is -2.89. The van der Waals surface area contributed by atoms with E-state index >= 15 is 0 Å². The molecule has 0 radical (unpaired) electrons. The average molecular weight is 338 g/mol. The van der Waals surface area contributed by atoms with Gasteiger partial charge in [-0.1, -0.05) is 30.3 Å². The summed E-state index contributed by atoms with van der Waals surface area (Å²) in [4.78, 5) is 29.3. The normalized spacial score (nSPS) is 11.2. The van der Waals surface area contributed by atoms with E-state index in [1.54, 1.807) is 6.20 Å². The third-order valence-electron chi connectivity index (χ3n) is 4.10. The van der Waals surface area contributed by atoms with E-state index in [4.69, 9.17) is 0 Å². The van der Waals surface area contributed by atoms with Crippen LogP contribution in [0.4, 0.5) is 0 Å². The standard InChI is InChI=1S/C19H22N4O2/c1-12(2)21-17(24)10-9-15-13(3)22-18-16(11-20-23(18)19(15)25)14-7-5-4-6-8-14/h4-8,11-12,20H,9-10H2,1-3H3,(H,21,24). The van der Waals surface area contributed by atoms with Crippen LogP contribution < -0.4 is 10.9 Å². The number of carbonyl (C=O) groups is 1. The Morgan fingerprint density at radius 3 is 2.68 bits per heavy atom. The largest absolute Gasteiger partial charge is 0.354 e. The first-order chi connectivity index (χ1) is 12.0. The van der Waals surface area contributed by atoms with Crippen molar-refractivity contribution in [3.63, 3.8) is 0 Å². The number of hydrogen-bond donors (Lipinski definition) is 2. The van der Waals surface area contributed by atoms with Gasteiger partial charge in [-0.25, -0.2) is 9.50 Å². The zero-order valence-corrected chi connectivity index (χ0v) is 14.7. The number of aryl methyl sites for hydroxylation is 1. The first-order valence-electron chi connectivity index (χ1n) is 8.41. The molecule has 0 aliphatic heterocycles. The molecule has 130 valence electrons. The number of aromatic amines is 1. The maximum Gasteiger partial charge on any atom is 0.276 e. The summed E-state index contributed by atoms with van der Waals surface area (Å²) in [7, 11) is 0. The third-order valence-corrected chi connectivity index (χ3v) is 4.10. The Balaban J connectivity index is 1.95. The summed E-state index contributed by atoms with van der Waals surface area (Å²) in [5.74, 6) is -0.0599. The van der Waals surface area contributed by atoms with Gasteiger partial charge in [-0.3, -0.25) is 14.7 Å². The molecule has 1 amide bonds. The highest BCUT2D eigenvalue weighted by Crippen LogP contribution is 2.22.